The number of carbonyl (C=O) groups is 2. The second kappa shape index (κ2) is 7.65. The van der Waals surface area contributed by atoms with Crippen molar-refractivity contribution < 1.29 is 18.7 Å². The van der Waals surface area contributed by atoms with Gasteiger partial charge in [-0.15, -0.1) is 0 Å². The van der Waals surface area contributed by atoms with E-state index in [9.17, 15) is 9.59 Å². The van der Waals surface area contributed by atoms with Gasteiger partial charge in [0.15, 0.2) is 0 Å². The van der Waals surface area contributed by atoms with Gasteiger partial charge in [-0.05, 0) is 37.6 Å². The van der Waals surface area contributed by atoms with Crippen LogP contribution in [0.1, 0.15) is 24.0 Å². The highest BCUT2D eigenvalue weighted by Crippen LogP contribution is 2.26. The Bertz CT molecular complexity index is 881. The zero-order valence-corrected chi connectivity index (χ0v) is 16.0. The molecule has 0 radical (unpaired) electrons. The third-order valence-electron chi connectivity index (χ3n) is 5.20. The van der Waals surface area contributed by atoms with E-state index in [4.69, 9.17) is 9.15 Å². The van der Waals surface area contributed by atoms with Crippen LogP contribution in [0.15, 0.2) is 40.8 Å². The molecule has 0 bridgehead atoms. The van der Waals surface area contributed by atoms with Crippen molar-refractivity contribution >= 4 is 17.5 Å². The van der Waals surface area contributed by atoms with Crippen LogP contribution in [-0.2, 0) is 9.59 Å². The number of methoxy groups -OCH3 is 1. The van der Waals surface area contributed by atoms with Gasteiger partial charge >= 0.3 is 0 Å². The maximum Gasteiger partial charge on any atom is 0.246 e. The quantitative estimate of drug-likeness (QED) is 0.828. The first-order valence-corrected chi connectivity index (χ1v) is 9.36. The molecule has 2 unspecified atom stereocenters. The van der Waals surface area contributed by atoms with Crippen LogP contribution in [0, 0.1) is 6.92 Å². The Morgan fingerprint density at radius 3 is 2.79 bits per heavy atom. The number of hydrogen-bond donors (Lipinski definition) is 2. The van der Waals surface area contributed by atoms with Gasteiger partial charge in [0.05, 0.1) is 13.2 Å². The number of piperazine rings is 1. The summed E-state index contributed by atoms with van der Waals surface area (Å²) in [5, 5.41) is 0. The van der Waals surface area contributed by atoms with Crippen molar-refractivity contribution in [2.24, 2.45) is 0 Å². The Labute approximate surface area is 163 Å². The molecule has 0 spiro atoms. The van der Waals surface area contributed by atoms with E-state index in [1.807, 2.05) is 43.3 Å². The average molecular weight is 384 g/mol. The Morgan fingerprint density at radius 2 is 2.07 bits per heavy atom. The lowest BCUT2D eigenvalue weighted by atomic mass is 10.1. The van der Waals surface area contributed by atoms with E-state index in [1.54, 1.807) is 16.9 Å². The molecule has 2 fully saturated rings. The van der Waals surface area contributed by atoms with Crippen molar-refractivity contribution in [1.29, 1.82) is 0 Å². The maximum absolute atomic E-state index is 12.9. The highest BCUT2D eigenvalue weighted by atomic mass is 16.5. The molecule has 0 saturated carbocycles. The third-order valence-corrected chi connectivity index (χ3v) is 5.20. The Kier molecular flexibility index (Phi) is 5.06. The number of hydrazine groups is 1. The molecule has 148 valence electrons. The minimum absolute atomic E-state index is 0.0589. The topological polar surface area (TPSA) is 87.1 Å². The Hall–Kier alpha value is -2.84. The molecule has 2 aromatic rings. The smallest absolute Gasteiger partial charge is 0.246 e. The molecular weight excluding hydrogens is 360 g/mol. The molecule has 1 aromatic heterocycles. The molecule has 8 nitrogen and oxygen atoms in total. The lowest BCUT2D eigenvalue weighted by Crippen LogP contribution is -2.56. The van der Waals surface area contributed by atoms with Gasteiger partial charge in [-0.2, -0.15) is 0 Å². The second-order valence-corrected chi connectivity index (χ2v) is 7.08. The zero-order valence-electron chi connectivity index (χ0n) is 16.0. The van der Waals surface area contributed by atoms with Crippen LogP contribution in [0.2, 0.25) is 0 Å². The molecule has 2 amide bonds. The number of nitrogens with zero attached hydrogens (tertiary/aromatic N) is 2. The number of anilines is 1. The normalized spacial score (nSPS) is 22.6. The van der Waals surface area contributed by atoms with Gasteiger partial charge in [-0.3, -0.25) is 9.59 Å². The third kappa shape index (κ3) is 3.61. The van der Waals surface area contributed by atoms with Crippen LogP contribution in [0.4, 0.5) is 5.69 Å². The minimum atomic E-state index is -0.383. The summed E-state index contributed by atoms with van der Waals surface area (Å²) in [6.07, 6.45) is 0.579. The van der Waals surface area contributed by atoms with Crippen molar-refractivity contribution in [3.63, 3.8) is 0 Å². The Balaban J connectivity index is 1.37. The lowest BCUT2D eigenvalue weighted by molar-refractivity contribution is -0.138. The summed E-state index contributed by atoms with van der Waals surface area (Å²) < 4.78 is 10.9. The van der Waals surface area contributed by atoms with E-state index in [1.165, 1.54) is 0 Å². The molecule has 0 aliphatic carbocycles. The highest BCUT2D eigenvalue weighted by molar-refractivity contribution is 5.98. The van der Waals surface area contributed by atoms with E-state index in [2.05, 4.69) is 10.9 Å². The summed E-state index contributed by atoms with van der Waals surface area (Å²) in [6.45, 7) is 2.91. The minimum Gasteiger partial charge on any atom is -0.497 e. The van der Waals surface area contributed by atoms with Crippen LogP contribution < -0.4 is 20.5 Å². The van der Waals surface area contributed by atoms with Crippen molar-refractivity contribution in [3.8, 4) is 5.75 Å². The van der Waals surface area contributed by atoms with E-state index in [-0.39, 0.29) is 30.4 Å². The van der Waals surface area contributed by atoms with Gasteiger partial charge in [0.25, 0.3) is 0 Å². The zero-order chi connectivity index (χ0) is 19.7. The highest BCUT2D eigenvalue weighted by Gasteiger charge is 2.37. The predicted molar refractivity (Wildman–Crippen MR) is 103 cm³/mol. The monoisotopic (exact) mass is 384 g/mol. The summed E-state index contributed by atoms with van der Waals surface area (Å²) >= 11 is 0. The second-order valence-electron chi connectivity index (χ2n) is 7.08. The number of rotatable bonds is 4. The number of amides is 2. The molecule has 1 aromatic carbocycles. The summed E-state index contributed by atoms with van der Waals surface area (Å²) in [4.78, 5) is 28.8. The van der Waals surface area contributed by atoms with Crippen molar-refractivity contribution in [3.05, 3.63) is 47.9 Å². The van der Waals surface area contributed by atoms with Crippen LogP contribution in [0.25, 0.3) is 0 Å². The van der Waals surface area contributed by atoms with Crippen LogP contribution in [0.3, 0.4) is 0 Å². The first-order chi connectivity index (χ1) is 13.5. The van der Waals surface area contributed by atoms with Gasteiger partial charge in [0.2, 0.25) is 11.8 Å². The number of hydrogen-bond acceptors (Lipinski definition) is 6. The number of nitrogens with one attached hydrogen (secondary N) is 2. The number of aryl methyl sites for hydroxylation is 1. The summed E-state index contributed by atoms with van der Waals surface area (Å²) in [7, 11) is 1.59. The predicted octanol–water partition coefficient (Wildman–Crippen LogP) is 1.38. The van der Waals surface area contributed by atoms with Crippen molar-refractivity contribution in [1.82, 2.24) is 15.8 Å². The molecule has 2 saturated heterocycles. The first-order valence-electron chi connectivity index (χ1n) is 9.36. The first kappa shape index (κ1) is 18.5. The molecule has 4 rings (SSSR count). The van der Waals surface area contributed by atoms with Crippen molar-refractivity contribution in [2.75, 3.05) is 31.6 Å². The van der Waals surface area contributed by atoms with E-state index < -0.39 is 0 Å². The largest absolute Gasteiger partial charge is 0.497 e. The fourth-order valence-corrected chi connectivity index (χ4v) is 3.68. The molecule has 2 atom stereocenters. The van der Waals surface area contributed by atoms with E-state index in [0.717, 1.165) is 17.2 Å². The van der Waals surface area contributed by atoms with Crippen LogP contribution >= 0.6 is 0 Å². The SMILES string of the molecule is COc1cccc(N2CCN(C(=O)C3CC(c4ccc(C)o4)NN3)CC2=O)c1. The fraction of sp³-hybridized carbons (Fsp3) is 0.400. The Morgan fingerprint density at radius 1 is 1.21 bits per heavy atom. The standard InChI is InChI=1S/C20H24N4O4/c1-13-6-7-18(28-13)16-11-17(22-21-16)20(26)23-8-9-24(19(25)12-23)14-4-3-5-15(10-14)27-2/h3-7,10,16-17,21-22H,8-9,11-12H2,1-2H3. The van der Waals surface area contributed by atoms with Crippen LogP contribution in [-0.4, -0.2) is 49.5 Å². The summed E-state index contributed by atoms with van der Waals surface area (Å²) in [6, 6.07) is 10.8. The van der Waals surface area contributed by atoms with Gasteiger partial charge in [-0.1, -0.05) is 6.07 Å². The molecule has 2 aliphatic heterocycles. The van der Waals surface area contributed by atoms with Gasteiger partial charge in [0, 0.05) is 24.8 Å². The molecular formula is C20H24N4O4. The number of benzene rings is 1. The molecule has 3 heterocycles. The van der Waals surface area contributed by atoms with Crippen molar-refractivity contribution in [2.45, 2.75) is 25.4 Å². The number of carbonyl (C=O) groups excluding carboxylic acids is 2. The average Bonchev–Trinajstić information content (AvgIpc) is 3.36. The molecule has 28 heavy (non-hydrogen) atoms. The molecule has 2 aliphatic rings. The van der Waals surface area contributed by atoms with Gasteiger partial charge in [-0.25, -0.2) is 10.9 Å². The fourth-order valence-electron chi connectivity index (χ4n) is 3.68. The van der Waals surface area contributed by atoms with E-state index >= 15 is 0 Å². The maximum atomic E-state index is 12.9. The number of ether oxygens (including phenoxy) is 1. The van der Waals surface area contributed by atoms with Gasteiger partial charge in [0.1, 0.15) is 29.9 Å². The molecule has 2 N–H and O–H groups in total. The number of furan rings is 1. The van der Waals surface area contributed by atoms with Crippen LogP contribution in [0.5, 0.6) is 5.75 Å². The molecule has 8 heteroatoms. The van der Waals surface area contributed by atoms with E-state index in [0.29, 0.717) is 25.3 Å². The van der Waals surface area contributed by atoms with Gasteiger partial charge < -0.3 is 19.0 Å². The summed E-state index contributed by atoms with van der Waals surface area (Å²) in [5.74, 6) is 2.17. The lowest BCUT2D eigenvalue weighted by Gasteiger charge is -2.35. The summed E-state index contributed by atoms with van der Waals surface area (Å²) in [5.41, 5.74) is 6.94.